The van der Waals surface area contributed by atoms with Crippen LogP contribution in [0.1, 0.15) is 13.3 Å². The van der Waals surface area contributed by atoms with Crippen LogP contribution in [0, 0.1) is 0 Å². The Kier molecular flexibility index (Phi) is 2.54. The van der Waals surface area contributed by atoms with Crippen molar-refractivity contribution in [2.75, 3.05) is 13.6 Å². The van der Waals surface area contributed by atoms with E-state index in [0.717, 1.165) is 13.0 Å². The molecule has 0 bridgehead atoms. The molecule has 0 saturated carbocycles. The third-order valence-electron chi connectivity index (χ3n) is 1.45. The van der Waals surface area contributed by atoms with Crippen LogP contribution in [0.2, 0.25) is 0 Å². The van der Waals surface area contributed by atoms with E-state index in [0.29, 0.717) is 0 Å². The van der Waals surface area contributed by atoms with E-state index in [2.05, 4.69) is 32.9 Å². The van der Waals surface area contributed by atoms with Crippen molar-refractivity contribution in [3.8, 4) is 0 Å². The van der Waals surface area contributed by atoms with Gasteiger partial charge in [-0.3, -0.25) is 5.01 Å². The summed E-state index contributed by atoms with van der Waals surface area (Å²) in [6.45, 7) is 3.22. The van der Waals surface area contributed by atoms with Crippen LogP contribution in [0.15, 0.2) is 5.10 Å². The van der Waals surface area contributed by atoms with Gasteiger partial charge in [0, 0.05) is 13.6 Å². The highest BCUT2D eigenvalue weighted by atomic mass is 79.9. The van der Waals surface area contributed by atoms with Crippen LogP contribution in [0.4, 0.5) is 0 Å². The lowest BCUT2D eigenvalue weighted by Gasteiger charge is -2.21. The van der Waals surface area contributed by atoms with Gasteiger partial charge in [-0.15, -0.1) is 0 Å². The van der Waals surface area contributed by atoms with Crippen LogP contribution in [0.25, 0.3) is 0 Å². The zero-order chi connectivity index (χ0) is 7.56. The summed E-state index contributed by atoms with van der Waals surface area (Å²) in [5, 5.41) is 6.25. The quantitative estimate of drug-likeness (QED) is 0.500. The smallest absolute Gasteiger partial charge is 0.175 e. The van der Waals surface area contributed by atoms with E-state index in [1.807, 2.05) is 18.4 Å². The molecule has 1 aliphatic rings. The molecule has 0 aromatic rings. The van der Waals surface area contributed by atoms with Crippen LogP contribution in [0.3, 0.4) is 0 Å². The molecule has 0 saturated heterocycles. The normalized spacial score (nSPS) is 24.5. The lowest BCUT2D eigenvalue weighted by Crippen LogP contribution is -2.32. The minimum atomic E-state index is 0.257. The van der Waals surface area contributed by atoms with Crippen molar-refractivity contribution < 1.29 is 0 Å². The van der Waals surface area contributed by atoms with Crippen molar-refractivity contribution in [1.29, 1.82) is 0 Å². The maximum absolute atomic E-state index is 4.10. The molecule has 1 rings (SSSR count). The average molecular weight is 206 g/mol. The van der Waals surface area contributed by atoms with Gasteiger partial charge in [-0.25, -0.2) is 0 Å². The van der Waals surface area contributed by atoms with Crippen molar-refractivity contribution in [3.63, 3.8) is 0 Å². The third kappa shape index (κ3) is 1.42. The molecule has 0 amide bonds. The van der Waals surface area contributed by atoms with Gasteiger partial charge in [0.1, 0.15) is 6.34 Å². The van der Waals surface area contributed by atoms with Gasteiger partial charge in [-0.2, -0.15) is 5.10 Å². The molecule has 0 aliphatic carbocycles. The first-order valence-electron chi connectivity index (χ1n) is 3.42. The Morgan fingerprint density at radius 1 is 1.70 bits per heavy atom. The average Bonchev–Trinajstić information content (AvgIpc) is 2.20. The highest BCUT2D eigenvalue weighted by Crippen LogP contribution is 2.15. The van der Waals surface area contributed by atoms with Crippen LogP contribution < -0.4 is 0 Å². The summed E-state index contributed by atoms with van der Waals surface area (Å²) in [6.07, 6.45) is 3.02. The Balaban J connectivity index is 2.41. The summed E-state index contributed by atoms with van der Waals surface area (Å²) < 4.78 is 0. The number of hydrazone groups is 1. The zero-order valence-electron chi connectivity index (χ0n) is 6.29. The van der Waals surface area contributed by atoms with E-state index < -0.39 is 0 Å². The first kappa shape index (κ1) is 7.85. The fraction of sp³-hybridized carbons (Fsp3) is 0.833. The number of hydrogen-bond acceptors (Lipinski definition) is 3. The lowest BCUT2D eigenvalue weighted by atomic mass is 10.4. The van der Waals surface area contributed by atoms with Crippen molar-refractivity contribution in [2.24, 2.45) is 5.10 Å². The van der Waals surface area contributed by atoms with Crippen LogP contribution in [0.5, 0.6) is 0 Å². The van der Waals surface area contributed by atoms with Crippen LogP contribution in [-0.4, -0.2) is 34.9 Å². The zero-order valence-corrected chi connectivity index (χ0v) is 7.87. The topological polar surface area (TPSA) is 18.8 Å². The molecule has 10 heavy (non-hydrogen) atoms. The predicted molar refractivity (Wildman–Crippen MR) is 46.0 cm³/mol. The van der Waals surface area contributed by atoms with Crippen LogP contribution >= 0.6 is 15.9 Å². The monoisotopic (exact) mass is 205 g/mol. The molecule has 4 heteroatoms. The molecule has 0 fully saturated rings. The molecule has 1 unspecified atom stereocenters. The maximum Gasteiger partial charge on any atom is 0.175 e. The van der Waals surface area contributed by atoms with Gasteiger partial charge in [0.05, 0.1) is 0 Å². The van der Waals surface area contributed by atoms with E-state index >= 15 is 0 Å². The van der Waals surface area contributed by atoms with Crippen molar-refractivity contribution >= 4 is 22.3 Å². The highest BCUT2D eigenvalue weighted by Gasteiger charge is 2.20. The van der Waals surface area contributed by atoms with E-state index in [1.165, 1.54) is 0 Å². The molecule has 0 spiro atoms. The third-order valence-corrected chi connectivity index (χ3v) is 2.56. The second kappa shape index (κ2) is 3.23. The van der Waals surface area contributed by atoms with Crippen molar-refractivity contribution in [1.82, 2.24) is 9.91 Å². The molecule has 1 heterocycles. The summed E-state index contributed by atoms with van der Waals surface area (Å²) in [4.78, 5) is 2.15. The largest absolute Gasteiger partial charge is 0.331 e. The van der Waals surface area contributed by atoms with Gasteiger partial charge in [-0.1, -0.05) is 6.92 Å². The lowest BCUT2D eigenvalue weighted by molar-refractivity contribution is 0.251. The number of halogens is 1. The van der Waals surface area contributed by atoms with Gasteiger partial charge in [0.25, 0.3) is 0 Å². The second-order valence-electron chi connectivity index (χ2n) is 2.35. The van der Waals surface area contributed by atoms with E-state index in [9.17, 15) is 0 Å². The Hall–Kier alpha value is -0.250. The second-order valence-corrected chi connectivity index (χ2v) is 3.17. The first-order chi connectivity index (χ1) is 4.75. The maximum atomic E-state index is 4.10. The van der Waals surface area contributed by atoms with Gasteiger partial charge >= 0.3 is 0 Å². The molecular formula is C6H12BrN3. The standard InChI is InChI=1S/C6H12BrN3/c1-3-4-10-5-8-9(2)6(10)7/h5-6H,3-4H2,1-2H3. The Morgan fingerprint density at radius 2 is 2.40 bits per heavy atom. The van der Waals surface area contributed by atoms with Gasteiger partial charge < -0.3 is 4.90 Å². The molecule has 0 N–H and O–H groups in total. The molecule has 0 radical (unpaired) electrons. The SMILES string of the molecule is CCCN1C=NN(C)C1Br. The summed E-state index contributed by atoms with van der Waals surface area (Å²) in [5.41, 5.74) is 0. The summed E-state index contributed by atoms with van der Waals surface area (Å²) >= 11 is 3.50. The van der Waals surface area contributed by atoms with Gasteiger partial charge in [0.2, 0.25) is 0 Å². The summed E-state index contributed by atoms with van der Waals surface area (Å²) in [6, 6.07) is 0. The number of alkyl halides is 1. The molecule has 1 atom stereocenters. The summed E-state index contributed by atoms with van der Waals surface area (Å²) in [7, 11) is 1.95. The molecule has 0 aromatic heterocycles. The Morgan fingerprint density at radius 3 is 2.80 bits per heavy atom. The van der Waals surface area contributed by atoms with Crippen molar-refractivity contribution in [2.45, 2.75) is 18.4 Å². The first-order valence-corrected chi connectivity index (χ1v) is 4.34. The number of nitrogens with zero attached hydrogens (tertiary/aromatic N) is 3. The van der Waals surface area contributed by atoms with Gasteiger partial charge in [0.15, 0.2) is 5.08 Å². The van der Waals surface area contributed by atoms with Crippen LogP contribution in [-0.2, 0) is 0 Å². The Labute approximate surface area is 69.8 Å². The highest BCUT2D eigenvalue weighted by molar-refractivity contribution is 9.09. The van der Waals surface area contributed by atoms with E-state index in [4.69, 9.17) is 0 Å². The number of hydrogen-bond donors (Lipinski definition) is 0. The van der Waals surface area contributed by atoms with Gasteiger partial charge in [-0.05, 0) is 22.4 Å². The minimum Gasteiger partial charge on any atom is -0.331 e. The minimum absolute atomic E-state index is 0.257. The molecule has 0 aromatic carbocycles. The predicted octanol–water partition coefficient (Wildman–Crippen LogP) is 1.27. The number of rotatable bonds is 2. The summed E-state index contributed by atoms with van der Waals surface area (Å²) in [5.74, 6) is 0. The molecule has 1 aliphatic heterocycles. The Bertz CT molecular complexity index is 137. The van der Waals surface area contributed by atoms with E-state index in [1.54, 1.807) is 0 Å². The molecular weight excluding hydrogens is 194 g/mol. The fourth-order valence-electron chi connectivity index (χ4n) is 0.895. The van der Waals surface area contributed by atoms with Crippen molar-refractivity contribution in [3.05, 3.63) is 0 Å². The fourth-order valence-corrected chi connectivity index (χ4v) is 1.31. The molecule has 58 valence electrons. The van der Waals surface area contributed by atoms with E-state index in [-0.39, 0.29) is 5.08 Å². The molecule has 3 nitrogen and oxygen atoms in total.